The van der Waals surface area contributed by atoms with Crippen molar-refractivity contribution in [2.45, 2.75) is 37.5 Å². The third-order valence-corrected chi connectivity index (χ3v) is 12.9. The summed E-state index contributed by atoms with van der Waals surface area (Å²) in [5, 5.41) is 0. The predicted octanol–water partition coefficient (Wildman–Crippen LogP) is 13.5. The number of fused-ring (bicyclic) bond motifs is 13. The van der Waals surface area contributed by atoms with Crippen LogP contribution in [0, 0.1) is 6.92 Å². The van der Waals surface area contributed by atoms with Crippen molar-refractivity contribution in [2.24, 2.45) is 0 Å². The van der Waals surface area contributed by atoms with Crippen molar-refractivity contribution in [3.63, 3.8) is 0 Å². The Balaban J connectivity index is 1.14. The van der Waals surface area contributed by atoms with Crippen LogP contribution >= 0.6 is 0 Å². The Morgan fingerprint density at radius 3 is 1.22 bits per heavy atom. The summed E-state index contributed by atoms with van der Waals surface area (Å²) in [4.78, 5) is 0. The Morgan fingerprint density at radius 2 is 0.704 bits per heavy atom. The van der Waals surface area contributed by atoms with E-state index in [1.54, 1.807) is 0 Å². The number of hydrogen-bond acceptors (Lipinski definition) is 0. The quantitative estimate of drug-likeness (QED) is 0.161. The van der Waals surface area contributed by atoms with Crippen molar-refractivity contribution in [3.05, 3.63) is 238 Å². The van der Waals surface area contributed by atoms with Gasteiger partial charge >= 0.3 is 0 Å². The van der Waals surface area contributed by atoms with Crippen LogP contribution in [0.25, 0.3) is 44.5 Å². The summed E-state index contributed by atoms with van der Waals surface area (Å²) in [5.41, 5.74) is 23.7. The molecule has 8 aromatic carbocycles. The van der Waals surface area contributed by atoms with Crippen LogP contribution in [0.15, 0.2) is 182 Å². The molecule has 1 atom stereocenters. The van der Waals surface area contributed by atoms with Crippen LogP contribution in [0.1, 0.15) is 75.4 Å². The maximum Gasteiger partial charge on any atom is 0.0725 e. The molecular formula is C54H40. The van der Waals surface area contributed by atoms with Crippen LogP contribution in [0.5, 0.6) is 0 Å². The largest absolute Gasteiger partial charge is 0.0725 e. The van der Waals surface area contributed by atoms with Gasteiger partial charge in [0.05, 0.1) is 5.41 Å². The fraction of sp³-hybridized carbons (Fsp3) is 0.111. The SMILES string of the molecule is Cc1ccc(-c2ccc(C(c3ccc4c(c3)C(C)(C)c3ccccc3-4)c3ccc4c(c3)C3(c5ccccc5-c5ccccc53)c3ccccc3-4)cc2)cc1. The molecule has 256 valence electrons. The average molecular weight is 689 g/mol. The van der Waals surface area contributed by atoms with Gasteiger partial charge in [-0.15, -0.1) is 0 Å². The van der Waals surface area contributed by atoms with Crippen molar-refractivity contribution in [3.8, 4) is 44.5 Å². The van der Waals surface area contributed by atoms with E-state index in [0.717, 1.165) is 0 Å². The summed E-state index contributed by atoms with van der Waals surface area (Å²) < 4.78 is 0. The standard InChI is InChI=1S/C54H40/c1-34-20-22-35(23-21-34)36-24-26-37(27-25-36)52(38-28-30-44-40-12-4-8-16-46(40)53(2,3)50(44)32-38)39-29-31-45-43-15-7-11-19-49(43)54(51(45)33-39)47-17-9-5-13-41(47)42-14-6-10-18-48(42)54/h4-33,52H,1-3H3. The molecule has 0 saturated heterocycles. The second kappa shape index (κ2) is 11.4. The molecular weight excluding hydrogens is 649 g/mol. The van der Waals surface area contributed by atoms with E-state index in [2.05, 4.69) is 203 Å². The summed E-state index contributed by atoms with van der Waals surface area (Å²) in [6.45, 7) is 6.92. The highest BCUT2D eigenvalue weighted by atomic mass is 14.5. The van der Waals surface area contributed by atoms with Gasteiger partial charge < -0.3 is 0 Å². The number of rotatable bonds is 4. The molecule has 54 heavy (non-hydrogen) atoms. The normalized spacial score (nSPS) is 15.2. The molecule has 0 radical (unpaired) electrons. The van der Waals surface area contributed by atoms with Gasteiger partial charge in [0.15, 0.2) is 0 Å². The van der Waals surface area contributed by atoms with Crippen molar-refractivity contribution in [1.29, 1.82) is 0 Å². The number of aryl methyl sites for hydroxylation is 1. The minimum atomic E-state index is -0.378. The smallest absolute Gasteiger partial charge is 0.0619 e. The zero-order valence-electron chi connectivity index (χ0n) is 30.9. The van der Waals surface area contributed by atoms with E-state index in [4.69, 9.17) is 0 Å². The molecule has 3 aliphatic carbocycles. The van der Waals surface area contributed by atoms with Gasteiger partial charge in [0.1, 0.15) is 0 Å². The summed E-state index contributed by atoms with van der Waals surface area (Å²) in [5.74, 6) is 0.0415. The van der Waals surface area contributed by atoms with E-state index < -0.39 is 0 Å². The first-order chi connectivity index (χ1) is 26.4. The average Bonchev–Trinajstić information content (AvgIpc) is 3.77. The number of hydrogen-bond donors (Lipinski definition) is 0. The topological polar surface area (TPSA) is 0 Å². The van der Waals surface area contributed by atoms with Crippen molar-refractivity contribution in [1.82, 2.24) is 0 Å². The Bertz CT molecular complexity index is 2730. The van der Waals surface area contributed by atoms with E-state index in [0.29, 0.717) is 0 Å². The van der Waals surface area contributed by atoms with Crippen LogP contribution in [-0.4, -0.2) is 0 Å². The highest BCUT2D eigenvalue weighted by molar-refractivity contribution is 5.95. The third-order valence-electron chi connectivity index (χ3n) is 12.9. The summed E-state index contributed by atoms with van der Waals surface area (Å²) >= 11 is 0. The highest BCUT2D eigenvalue weighted by Crippen LogP contribution is 2.63. The van der Waals surface area contributed by atoms with E-state index in [9.17, 15) is 0 Å². The molecule has 8 aromatic rings. The van der Waals surface area contributed by atoms with E-state index in [-0.39, 0.29) is 16.7 Å². The molecule has 3 aliphatic rings. The molecule has 0 aromatic heterocycles. The lowest BCUT2D eigenvalue weighted by molar-refractivity contribution is 0.659. The summed E-state index contributed by atoms with van der Waals surface area (Å²) in [6, 6.07) is 69.2. The Kier molecular flexibility index (Phi) is 6.60. The van der Waals surface area contributed by atoms with E-state index in [1.165, 1.54) is 100 Å². The van der Waals surface area contributed by atoms with E-state index >= 15 is 0 Å². The molecule has 0 saturated carbocycles. The molecule has 0 amide bonds. The van der Waals surface area contributed by atoms with Crippen LogP contribution in [0.3, 0.4) is 0 Å². The first-order valence-corrected chi connectivity index (χ1v) is 19.3. The van der Waals surface area contributed by atoms with Crippen molar-refractivity contribution in [2.75, 3.05) is 0 Å². The molecule has 0 bridgehead atoms. The Labute approximate surface area is 318 Å². The summed E-state index contributed by atoms with van der Waals surface area (Å²) in [7, 11) is 0. The first kappa shape index (κ1) is 31.3. The van der Waals surface area contributed by atoms with Crippen molar-refractivity contribution < 1.29 is 0 Å². The maximum atomic E-state index is 2.57. The lowest BCUT2D eigenvalue weighted by Crippen LogP contribution is -2.26. The molecule has 0 heteroatoms. The lowest BCUT2D eigenvalue weighted by Gasteiger charge is -2.31. The molecule has 0 fully saturated rings. The molecule has 0 N–H and O–H groups in total. The first-order valence-electron chi connectivity index (χ1n) is 19.3. The fourth-order valence-corrected chi connectivity index (χ4v) is 10.4. The van der Waals surface area contributed by atoms with Crippen LogP contribution in [0.2, 0.25) is 0 Å². The zero-order chi connectivity index (χ0) is 36.2. The Hall–Kier alpha value is -6.24. The van der Waals surface area contributed by atoms with Gasteiger partial charge in [-0.05, 0) is 102 Å². The molecule has 1 spiro atoms. The summed E-state index contributed by atoms with van der Waals surface area (Å²) in [6.07, 6.45) is 0. The van der Waals surface area contributed by atoms with Crippen LogP contribution in [-0.2, 0) is 10.8 Å². The second-order valence-electron chi connectivity index (χ2n) is 16.1. The van der Waals surface area contributed by atoms with Gasteiger partial charge in [0, 0.05) is 11.3 Å². The maximum absolute atomic E-state index is 2.57. The van der Waals surface area contributed by atoms with Gasteiger partial charge in [0.2, 0.25) is 0 Å². The van der Waals surface area contributed by atoms with Gasteiger partial charge in [-0.1, -0.05) is 201 Å². The minimum absolute atomic E-state index is 0.0415. The third kappa shape index (κ3) is 4.20. The fourth-order valence-electron chi connectivity index (χ4n) is 10.4. The number of benzene rings is 8. The monoisotopic (exact) mass is 688 g/mol. The second-order valence-corrected chi connectivity index (χ2v) is 16.1. The minimum Gasteiger partial charge on any atom is -0.0619 e. The highest BCUT2D eigenvalue weighted by Gasteiger charge is 2.51. The molecule has 0 aliphatic heterocycles. The Morgan fingerprint density at radius 1 is 0.333 bits per heavy atom. The zero-order valence-corrected chi connectivity index (χ0v) is 30.9. The van der Waals surface area contributed by atoms with Gasteiger partial charge in [0.25, 0.3) is 0 Å². The van der Waals surface area contributed by atoms with Crippen LogP contribution in [0.4, 0.5) is 0 Å². The molecule has 1 unspecified atom stereocenters. The molecule has 0 nitrogen and oxygen atoms in total. The van der Waals surface area contributed by atoms with Gasteiger partial charge in [-0.25, -0.2) is 0 Å². The lowest BCUT2D eigenvalue weighted by atomic mass is 9.69. The van der Waals surface area contributed by atoms with E-state index in [1.807, 2.05) is 0 Å². The molecule has 0 heterocycles. The predicted molar refractivity (Wildman–Crippen MR) is 224 cm³/mol. The van der Waals surface area contributed by atoms with Gasteiger partial charge in [-0.2, -0.15) is 0 Å². The van der Waals surface area contributed by atoms with Crippen molar-refractivity contribution >= 4 is 0 Å². The van der Waals surface area contributed by atoms with Gasteiger partial charge in [-0.3, -0.25) is 0 Å². The van der Waals surface area contributed by atoms with Crippen LogP contribution < -0.4 is 0 Å². The molecule has 11 rings (SSSR count).